The van der Waals surface area contributed by atoms with Gasteiger partial charge in [0, 0.05) is 18.2 Å². The number of aryl methyl sites for hydroxylation is 1. The minimum Gasteiger partial charge on any atom is -0.326 e. The van der Waals surface area contributed by atoms with Gasteiger partial charge in [-0.3, -0.25) is 4.79 Å². The van der Waals surface area contributed by atoms with Gasteiger partial charge in [-0.2, -0.15) is 0 Å². The van der Waals surface area contributed by atoms with Gasteiger partial charge in [0.05, 0.1) is 4.90 Å². The van der Waals surface area contributed by atoms with Crippen LogP contribution in [0.3, 0.4) is 0 Å². The third-order valence-electron chi connectivity index (χ3n) is 4.86. The molecule has 0 heterocycles. The van der Waals surface area contributed by atoms with E-state index >= 15 is 0 Å². The van der Waals surface area contributed by atoms with E-state index in [-0.39, 0.29) is 16.8 Å². The first kappa shape index (κ1) is 19.6. The number of hydrogen-bond acceptors (Lipinski definition) is 3. The molecule has 1 aliphatic carbocycles. The fraction of sp³-hybridized carbons (Fsp3) is 0.381. The summed E-state index contributed by atoms with van der Waals surface area (Å²) in [6.07, 6.45) is 6.17. The zero-order valence-corrected chi connectivity index (χ0v) is 16.2. The Kier molecular flexibility index (Phi) is 6.63. The molecule has 5 nitrogen and oxygen atoms in total. The van der Waals surface area contributed by atoms with Crippen molar-refractivity contribution in [3.8, 4) is 0 Å². The average molecular weight is 387 g/mol. The maximum absolute atomic E-state index is 12.5. The molecule has 0 aromatic heterocycles. The van der Waals surface area contributed by atoms with Crippen LogP contribution < -0.4 is 10.0 Å². The molecule has 2 N–H and O–H groups in total. The number of carbonyl (C=O) groups is 1. The molecule has 0 radical (unpaired) electrons. The van der Waals surface area contributed by atoms with Gasteiger partial charge in [-0.25, -0.2) is 13.1 Å². The molecule has 1 fully saturated rings. The van der Waals surface area contributed by atoms with Gasteiger partial charge in [-0.15, -0.1) is 0 Å². The predicted molar refractivity (Wildman–Crippen MR) is 107 cm³/mol. The Labute approximate surface area is 161 Å². The number of nitrogens with one attached hydrogen (secondary N) is 2. The average Bonchev–Trinajstić information content (AvgIpc) is 2.68. The van der Waals surface area contributed by atoms with Crippen LogP contribution in [-0.4, -0.2) is 20.4 Å². The highest BCUT2D eigenvalue weighted by Crippen LogP contribution is 2.21. The highest BCUT2D eigenvalue weighted by molar-refractivity contribution is 7.89. The van der Waals surface area contributed by atoms with Crippen LogP contribution in [0.2, 0.25) is 0 Å². The van der Waals surface area contributed by atoms with Crippen LogP contribution in [0, 0.1) is 0 Å². The Morgan fingerprint density at radius 3 is 2.26 bits per heavy atom. The highest BCUT2D eigenvalue weighted by atomic mass is 32.2. The zero-order chi connectivity index (χ0) is 19.1. The Balaban J connectivity index is 1.53. The Morgan fingerprint density at radius 2 is 1.59 bits per heavy atom. The molecule has 0 bridgehead atoms. The van der Waals surface area contributed by atoms with Gasteiger partial charge in [0.15, 0.2) is 0 Å². The molecule has 3 rings (SSSR count). The summed E-state index contributed by atoms with van der Waals surface area (Å²) in [4.78, 5) is 12.3. The van der Waals surface area contributed by atoms with E-state index in [0.717, 1.165) is 31.2 Å². The molecule has 6 heteroatoms. The largest absolute Gasteiger partial charge is 0.326 e. The third-order valence-corrected chi connectivity index (χ3v) is 6.40. The van der Waals surface area contributed by atoms with Crippen molar-refractivity contribution >= 4 is 21.6 Å². The second kappa shape index (κ2) is 9.15. The molecule has 1 aliphatic rings. The minimum absolute atomic E-state index is 0.0288. The van der Waals surface area contributed by atoms with E-state index in [2.05, 4.69) is 10.0 Å². The van der Waals surface area contributed by atoms with Crippen molar-refractivity contribution in [2.75, 3.05) is 5.32 Å². The minimum atomic E-state index is -3.51. The lowest BCUT2D eigenvalue weighted by Crippen LogP contribution is -2.36. The van der Waals surface area contributed by atoms with Crippen molar-refractivity contribution in [1.29, 1.82) is 0 Å². The van der Waals surface area contributed by atoms with Gasteiger partial charge < -0.3 is 5.32 Å². The smallest absolute Gasteiger partial charge is 0.240 e. The lowest BCUT2D eigenvalue weighted by Gasteiger charge is -2.22. The van der Waals surface area contributed by atoms with Crippen LogP contribution in [0.25, 0.3) is 0 Å². The maximum atomic E-state index is 12.5. The monoisotopic (exact) mass is 386 g/mol. The van der Waals surface area contributed by atoms with Gasteiger partial charge in [-0.1, -0.05) is 49.6 Å². The van der Waals surface area contributed by atoms with Crippen molar-refractivity contribution in [3.05, 3.63) is 60.2 Å². The van der Waals surface area contributed by atoms with Crippen LogP contribution in [0.4, 0.5) is 5.69 Å². The molecule has 0 aliphatic heterocycles. The normalized spacial score (nSPS) is 15.4. The standard InChI is InChI=1S/C21H26N2O3S/c24-21(16-11-17-7-3-1-4-8-17)22-18-12-14-20(15-13-18)27(25,26)23-19-9-5-2-6-10-19/h1,3-4,7-8,12-15,19,23H,2,5-6,9-11,16H2,(H,22,24). The molecule has 1 saturated carbocycles. The van der Waals surface area contributed by atoms with Crippen molar-refractivity contribution in [3.63, 3.8) is 0 Å². The van der Waals surface area contributed by atoms with Gasteiger partial charge in [0.25, 0.3) is 0 Å². The molecular formula is C21H26N2O3S. The fourth-order valence-electron chi connectivity index (χ4n) is 3.35. The van der Waals surface area contributed by atoms with E-state index in [4.69, 9.17) is 0 Å². The summed E-state index contributed by atoms with van der Waals surface area (Å²) in [7, 11) is -3.51. The van der Waals surface area contributed by atoms with E-state index in [1.807, 2.05) is 30.3 Å². The van der Waals surface area contributed by atoms with Gasteiger partial charge >= 0.3 is 0 Å². The highest BCUT2D eigenvalue weighted by Gasteiger charge is 2.21. The summed E-state index contributed by atoms with van der Waals surface area (Å²) in [6.45, 7) is 0. The summed E-state index contributed by atoms with van der Waals surface area (Å²) in [5.74, 6) is -0.0882. The SMILES string of the molecule is O=C(CCc1ccccc1)Nc1ccc(S(=O)(=O)NC2CCCCC2)cc1. The van der Waals surface area contributed by atoms with Crippen LogP contribution in [0.1, 0.15) is 44.1 Å². The van der Waals surface area contributed by atoms with Crippen molar-refractivity contribution in [1.82, 2.24) is 4.72 Å². The molecule has 0 spiro atoms. The number of hydrogen-bond donors (Lipinski definition) is 2. The van der Waals surface area contributed by atoms with Crippen molar-refractivity contribution in [2.45, 2.75) is 55.9 Å². The van der Waals surface area contributed by atoms with Gasteiger partial charge in [0.2, 0.25) is 15.9 Å². The van der Waals surface area contributed by atoms with E-state index in [9.17, 15) is 13.2 Å². The van der Waals surface area contributed by atoms with Crippen molar-refractivity contribution in [2.24, 2.45) is 0 Å². The summed E-state index contributed by atoms with van der Waals surface area (Å²) < 4.78 is 27.8. The molecule has 2 aromatic rings. The molecule has 0 atom stereocenters. The lowest BCUT2D eigenvalue weighted by molar-refractivity contribution is -0.116. The first-order valence-corrected chi connectivity index (χ1v) is 11.0. The molecule has 27 heavy (non-hydrogen) atoms. The summed E-state index contributed by atoms with van der Waals surface area (Å²) in [6, 6.07) is 16.2. The number of sulfonamides is 1. The van der Waals surface area contributed by atoms with Crippen LogP contribution >= 0.6 is 0 Å². The van der Waals surface area contributed by atoms with E-state index in [0.29, 0.717) is 18.5 Å². The second-order valence-corrected chi connectivity index (χ2v) is 8.73. The van der Waals surface area contributed by atoms with Crippen molar-refractivity contribution < 1.29 is 13.2 Å². The predicted octanol–water partition coefficient (Wildman–Crippen LogP) is 3.87. The number of benzene rings is 2. The lowest BCUT2D eigenvalue weighted by atomic mass is 9.96. The molecular weight excluding hydrogens is 360 g/mol. The maximum Gasteiger partial charge on any atom is 0.240 e. The first-order valence-electron chi connectivity index (χ1n) is 9.49. The number of carbonyl (C=O) groups excluding carboxylic acids is 1. The zero-order valence-electron chi connectivity index (χ0n) is 15.4. The summed E-state index contributed by atoms with van der Waals surface area (Å²) >= 11 is 0. The molecule has 0 unspecified atom stereocenters. The van der Waals surface area contributed by atoms with Crippen LogP contribution in [0.5, 0.6) is 0 Å². The number of anilines is 1. The van der Waals surface area contributed by atoms with Crippen LogP contribution in [0.15, 0.2) is 59.5 Å². The van der Waals surface area contributed by atoms with Crippen LogP contribution in [-0.2, 0) is 21.2 Å². The second-order valence-electron chi connectivity index (χ2n) is 7.01. The summed E-state index contributed by atoms with van der Waals surface area (Å²) in [5.41, 5.74) is 1.72. The van der Waals surface area contributed by atoms with E-state index < -0.39 is 10.0 Å². The summed E-state index contributed by atoms with van der Waals surface area (Å²) in [5, 5.41) is 2.82. The number of amides is 1. The first-order chi connectivity index (χ1) is 13.0. The molecule has 0 saturated heterocycles. The quantitative estimate of drug-likeness (QED) is 0.758. The van der Waals surface area contributed by atoms with Gasteiger partial charge in [0.1, 0.15) is 0 Å². The molecule has 144 valence electrons. The number of rotatable bonds is 7. The fourth-order valence-corrected chi connectivity index (χ4v) is 4.66. The molecule has 2 aromatic carbocycles. The third kappa shape index (κ3) is 5.91. The Morgan fingerprint density at radius 1 is 0.926 bits per heavy atom. The van der Waals surface area contributed by atoms with E-state index in [1.165, 1.54) is 18.6 Å². The van der Waals surface area contributed by atoms with E-state index in [1.54, 1.807) is 12.1 Å². The van der Waals surface area contributed by atoms with Gasteiger partial charge in [-0.05, 0) is 49.1 Å². The Bertz CT molecular complexity index is 843. The molecule has 1 amide bonds. The Hall–Kier alpha value is -2.18. The topological polar surface area (TPSA) is 75.3 Å².